The molecule has 0 bridgehead atoms. The predicted octanol–water partition coefficient (Wildman–Crippen LogP) is 4.56. The van der Waals surface area contributed by atoms with Crippen molar-refractivity contribution < 1.29 is 19.5 Å². The van der Waals surface area contributed by atoms with E-state index in [1.165, 1.54) is 6.92 Å². The van der Waals surface area contributed by atoms with Crippen molar-refractivity contribution in [1.29, 1.82) is 0 Å². The fraction of sp³-hybridized carbons (Fsp3) is 0.607. The van der Waals surface area contributed by atoms with Crippen LogP contribution in [0.25, 0.3) is 0 Å². The average molecular weight is 518 g/mol. The Kier molecular flexibility index (Phi) is 9.46. The van der Waals surface area contributed by atoms with E-state index in [9.17, 15) is 19.5 Å². The van der Waals surface area contributed by atoms with Crippen LogP contribution in [0.15, 0.2) is 42.0 Å². The first-order valence-electron chi connectivity index (χ1n) is 12.4. The van der Waals surface area contributed by atoms with Gasteiger partial charge in [0.05, 0.1) is 11.4 Å². The Hall–Kier alpha value is -2.32. The average Bonchev–Trinajstić information content (AvgIpc) is 3.02. The molecule has 0 spiro atoms. The summed E-state index contributed by atoms with van der Waals surface area (Å²) in [6.07, 6.45) is 1.61. The molecule has 4 atom stereocenters. The lowest BCUT2D eigenvalue weighted by Gasteiger charge is -2.39. The van der Waals surface area contributed by atoms with E-state index >= 15 is 0 Å². The van der Waals surface area contributed by atoms with Crippen molar-refractivity contribution in [2.75, 3.05) is 14.1 Å². The Balaban J connectivity index is 2.34. The normalized spacial score (nSPS) is 22.2. The van der Waals surface area contributed by atoms with Gasteiger partial charge < -0.3 is 15.3 Å². The number of nitrogens with one attached hydrogen (secondary N) is 1. The van der Waals surface area contributed by atoms with Crippen molar-refractivity contribution in [2.45, 2.75) is 83.6 Å². The van der Waals surface area contributed by atoms with Crippen molar-refractivity contribution in [3.8, 4) is 0 Å². The summed E-state index contributed by atoms with van der Waals surface area (Å²) in [7, 11) is 3.63. The molecule has 2 N–H and O–H groups in total. The highest BCUT2D eigenvalue weighted by molar-refractivity contribution is 8.01. The molecule has 0 aliphatic carbocycles. The molecule has 1 saturated heterocycles. The summed E-state index contributed by atoms with van der Waals surface area (Å²) in [5.41, 5.74) is 0.765. The van der Waals surface area contributed by atoms with Gasteiger partial charge in [-0.15, -0.1) is 11.8 Å². The van der Waals surface area contributed by atoms with Crippen LogP contribution < -0.4 is 5.32 Å². The summed E-state index contributed by atoms with van der Waals surface area (Å²) in [6.45, 7) is 15.3. The third kappa shape index (κ3) is 6.71. The number of hydrogen-bond acceptors (Lipinski definition) is 5. The molecule has 0 saturated carbocycles. The Bertz CT molecular complexity index is 984. The van der Waals surface area contributed by atoms with Crippen molar-refractivity contribution >= 4 is 29.5 Å². The fourth-order valence-corrected chi connectivity index (χ4v) is 6.34. The van der Waals surface area contributed by atoms with Crippen molar-refractivity contribution in [1.82, 2.24) is 15.1 Å². The van der Waals surface area contributed by atoms with Gasteiger partial charge in [-0.1, -0.05) is 71.0 Å². The zero-order chi connectivity index (χ0) is 27.6. The van der Waals surface area contributed by atoms with Crippen molar-refractivity contribution in [2.24, 2.45) is 11.3 Å². The molecule has 200 valence electrons. The predicted molar refractivity (Wildman–Crippen MR) is 147 cm³/mol. The van der Waals surface area contributed by atoms with Gasteiger partial charge in [0.25, 0.3) is 0 Å². The number of carbonyl (C=O) groups is 3. The SMILES string of the molecule is C/C(=C\[C@H](C(C)C)N(C)C(=O)[C@@H](NC(=O)[C@H]1N(C)C(c2ccccc2)SC1(C)C)C(C)(C)C)C(=O)O. The number of thioether (sulfide) groups is 1. The van der Waals surface area contributed by atoms with E-state index in [1.54, 1.807) is 29.8 Å². The van der Waals surface area contributed by atoms with Gasteiger partial charge in [0.2, 0.25) is 11.8 Å². The molecular formula is C28H43N3O4S. The molecule has 0 aromatic heterocycles. The summed E-state index contributed by atoms with van der Waals surface area (Å²) in [6, 6.07) is 8.48. The number of likely N-dealkylation sites (N-methyl/N-ethyl adjacent to an activating group) is 2. The van der Waals surface area contributed by atoms with Crippen molar-refractivity contribution in [3.05, 3.63) is 47.5 Å². The Morgan fingerprint density at radius 2 is 1.72 bits per heavy atom. The van der Waals surface area contributed by atoms with Crippen molar-refractivity contribution in [3.63, 3.8) is 0 Å². The van der Waals surface area contributed by atoms with Crippen LogP contribution in [0.3, 0.4) is 0 Å². The quantitative estimate of drug-likeness (QED) is 0.492. The van der Waals surface area contributed by atoms with E-state index < -0.39 is 29.5 Å². The van der Waals surface area contributed by atoms with Gasteiger partial charge in [0, 0.05) is 17.4 Å². The standard InChI is InChI=1S/C28H43N3O4S/c1-17(2)20(16-18(3)26(34)35)30(9)24(33)21(27(4,5)6)29-23(32)22-28(7,8)36-25(31(22)10)19-14-12-11-13-15-19/h11-17,20-22,25H,1-10H3,(H,29,32)(H,34,35)/b18-16+/t20-,21-,22-,25?/m1/s1. The zero-order valence-corrected chi connectivity index (χ0v) is 24.1. The molecule has 1 aromatic rings. The highest BCUT2D eigenvalue weighted by Crippen LogP contribution is 2.51. The molecule has 1 aromatic carbocycles. The van der Waals surface area contributed by atoms with Crippen LogP contribution in [-0.2, 0) is 14.4 Å². The van der Waals surface area contributed by atoms with Crippen LogP contribution >= 0.6 is 11.8 Å². The summed E-state index contributed by atoms with van der Waals surface area (Å²) >= 11 is 1.74. The first-order chi connectivity index (χ1) is 16.5. The van der Waals surface area contributed by atoms with E-state index in [1.807, 2.05) is 59.9 Å². The van der Waals surface area contributed by atoms with E-state index in [0.29, 0.717) is 0 Å². The second kappa shape index (κ2) is 11.4. The minimum absolute atomic E-state index is 0.00695. The van der Waals surface area contributed by atoms with Crippen LogP contribution in [0.2, 0.25) is 0 Å². The monoisotopic (exact) mass is 517 g/mol. The minimum Gasteiger partial charge on any atom is -0.478 e. The highest BCUT2D eigenvalue weighted by atomic mass is 32.2. The molecule has 2 amide bonds. The Labute approximate surface area is 220 Å². The lowest BCUT2D eigenvalue weighted by molar-refractivity contribution is -0.141. The maximum Gasteiger partial charge on any atom is 0.331 e. The molecule has 7 nitrogen and oxygen atoms in total. The molecule has 0 radical (unpaired) electrons. The Morgan fingerprint density at radius 1 is 1.17 bits per heavy atom. The summed E-state index contributed by atoms with van der Waals surface area (Å²) in [4.78, 5) is 42.6. The fourth-order valence-electron chi connectivity index (χ4n) is 4.78. The number of carboxylic acids is 1. The number of benzene rings is 1. The summed E-state index contributed by atoms with van der Waals surface area (Å²) in [5.74, 6) is -1.45. The minimum atomic E-state index is -1.01. The second-order valence-corrected chi connectivity index (χ2v) is 13.4. The van der Waals surface area contributed by atoms with Gasteiger partial charge in [-0.2, -0.15) is 0 Å². The molecule has 1 heterocycles. The molecule has 36 heavy (non-hydrogen) atoms. The lowest BCUT2D eigenvalue weighted by atomic mass is 9.84. The first-order valence-corrected chi connectivity index (χ1v) is 13.3. The van der Waals surface area contributed by atoms with Gasteiger partial charge >= 0.3 is 5.97 Å². The van der Waals surface area contributed by atoms with Gasteiger partial charge in [0.1, 0.15) is 12.1 Å². The third-order valence-electron chi connectivity index (χ3n) is 6.82. The molecule has 8 heteroatoms. The number of rotatable bonds is 8. The molecule has 1 unspecified atom stereocenters. The van der Waals surface area contributed by atoms with E-state index in [2.05, 4.69) is 36.2 Å². The number of aliphatic carboxylic acids is 1. The maximum absolute atomic E-state index is 13.8. The van der Waals surface area contributed by atoms with Crippen LogP contribution in [0.5, 0.6) is 0 Å². The van der Waals surface area contributed by atoms with Gasteiger partial charge in [-0.25, -0.2) is 4.79 Å². The van der Waals surface area contributed by atoms with Crippen LogP contribution in [-0.4, -0.2) is 69.7 Å². The van der Waals surface area contributed by atoms with Crippen LogP contribution in [0.4, 0.5) is 0 Å². The number of hydrogen-bond donors (Lipinski definition) is 2. The molecule has 1 fully saturated rings. The highest BCUT2D eigenvalue weighted by Gasteiger charge is 2.51. The van der Waals surface area contributed by atoms with Gasteiger partial charge in [-0.05, 0) is 44.7 Å². The first kappa shape index (κ1) is 29.9. The number of amides is 2. The molecule has 1 aliphatic rings. The second-order valence-electron chi connectivity index (χ2n) is 11.7. The summed E-state index contributed by atoms with van der Waals surface area (Å²) < 4.78 is -0.376. The zero-order valence-electron chi connectivity index (χ0n) is 23.3. The van der Waals surface area contributed by atoms with Crippen LogP contribution in [0, 0.1) is 11.3 Å². The van der Waals surface area contributed by atoms with E-state index in [0.717, 1.165) is 5.56 Å². The molecule has 1 aliphatic heterocycles. The number of carbonyl (C=O) groups excluding carboxylic acids is 2. The largest absolute Gasteiger partial charge is 0.478 e. The molecular weight excluding hydrogens is 474 g/mol. The topological polar surface area (TPSA) is 90.0 Å². The van der Waals surface area contributed by atoms with Gasteiger partial charge in [-0.3, -0.25) is 14.5 Å². The smallest absolute Gasteiger partial charge is 0.331 e. The number of carboxylic acid groups (broad SMARTS) is 1. The Morgan fingerprint density at radius 3 is 2.19 bits per heavy atom. The summed E-state index contributed by atoms with van der Waals surface area (Å²) in [5, 5.41) is 12.5. The maximum atomic E-state index is 13.8. The van der Waals surface area contributed by atoms with Crippen LogP contribution in [0.1, 0.15) is 66.3 Å². The number of nitrogens with zero attached hydrogens (tertiary/aromatic N) is 2. The third-order valence-corrected chi connectivity index (χ3v) is 8.48. The lowest BCUT2D eigenvalue weighted by Crippen LogP contribution is -2.60. The molecule has 2 rings (SSSR count). The van der Waals surface area contributed by atoms with Gasteiger partial charge in [0.15, 0.2) is 0 Å². The van der Waals surface area contributed by atoms with E-state index in [-0.39, 0.29) is 33.4 Å². The van der Waals surface area contributed by atoms with E-state index in [4.69, 9.17) is 0 Å².